The summed E-state index contributed by atoms with van der Waals surface area (Å²) < 4.78 is 6.40. The fourth-order valence-electron chi connectivity index (χ4n) is 1.91. The van der Waals surface area contributed by atoms with Gasteiger partial charge >= 0.3 is 0 Å². The minimum atomic E-state index is -0.208. The molecule has 0 aliphatic heterocycles. The number of hydrogen-bond donors (Lipinski definition) is 0. The molecular weight excluding hydrogens is 340 g/mol. The molecule has 0 saturated carbocycles. The summed E-state index contributed by atoms with van der Waals surface area (Å²) in [5.74, 6) is -0.0669. The van der Waals surface area contributed by atoms with Crippen LogP contribution in [0.4, 0.5) is 0 Å². The van der Waals surface area contributed by atoms with E-state index in [1.54, 1.807) is 10.9 Å². The third kappa shape index (κ3) is 2.83. The van der Waals surface area contributed by atoms with Crippen LogP contribution in [0.1, 0.15) is 55.2 Å². The van der Waals surface area contributed by atoms with Crippen molar-refractivity contribution in [1.82, 2.24) is 19.4 Å². The van der Waals surface area contributed by atoms with Crippen molar-refractivity contribution < 1.29 is 4.79 Å². The van der Waals surface area contributed by atoms with Gasteiger partial charge in [-0.2, -0.15) is 5.10 Å². The first kappa shape index (κ1) is 15.3. The quantitative estimate of drug-likeness (QED) is 0.787. The van der Waals surface area contributed by atoms with Crippen LogP contribution in [-0.2, 0) is 12.0 Å². The lowest BCUT2D eigenvalue weighted by Crippen LogP contribution is -2.18. The van der Waals surface area contributed by atoms with Crippen molar-refractivity contribution in [2.24, 2.45) is 0 Å². The number of aromatic nitrogens is 4. The number of hydrogen-bond acceptors (Lipinski definition) is 5. The highest BCUT2D eigenvalue weighted by molar-refractivity contribution is 9.10. The Morgan fingerprint density at radius 2 is 2.15 bits per heavy atom. The average Bonchev–Trinajstić information content (AvgIpc) is 2.95. The monoisotopic (exact) mass is 356 g/mol. The van der Waals surface area contributed by atoms with Crippen LogP contribution in [0.25, 0.3) is 0 Å². The molecule has 108 valence electrons. The summed E-state index contributed by atoms with van der Waals surface area (Å²) >= 11 is 4.55. The first-order chi connectivity index (χ1) is 9.36. The molecule has 0 saturated heterocycles. The zero-order valence-electron chi connectivity index (χ0n) is 12.0. The first-order valence-electron chi connectivity index (χ1n) is 6.45. The highest BCUT2D eigenvalue weighted by Crippen LogP contribution is 2.29. The summed E-state index contributed by atoms with van der Waals surface area (Å²) in [7, 11) is 0. The summed E-state index contributed by atoms with van der Waals surface area (Å²) in [5.41, 5.74) is 1.10. The Hall–Kier alpha value is -1.08. The van der Waals surface area contributed by atoms with E-state index in [1.807, 2.05) is 20.8 Å². The average molecular weight is 357 g/mol. The van der Waals surface area contributed by atoms with Gasteiger partial charge in [-0.3, -0.25) is 9.48 Å². The fraction of sp³-hybridized carbons (Fsp3) is 0.538. The van der Waals surface area contributed by atoms with Crippen LogP contribution < -0.4 is 0 Å². The molecular formula is C13H17BrN4OS. The fourth-order valence-corrected chi connectivity index (χ4v) is 3.20. The number of carbonyl (C=O) groups is 1. The van der Waals surface area contributed by atoms with Gasteiger partial charge in [-0.1, -0.05) is 32.2 Å². The molecule has 7 heteroatoms. The van der Waals surface area contributed by atoms with E-state index in [1.165, 1.54) is 0 Å². The molecule has 0 spiro atoms. The number of carbonyl (C=O) groups excluding carboxylic acids is 1. The van der Waals surface area contributed by atoms with Crippen molar-refractivity contribution in [2.45, 2.75) is 46.1 Å². The highest BCUT2D eigenvalue weighted by atomic mass is 79.9. The van der Waals surface area contributed by atoms with Gasteiger partial charge in [0.1, 0.15) is 10.6 Å². The standard InChI is InChI=1S/C13H17BrN4OS/c1-5-6-18-9(8(14)7-15-18)10(19)11-12(13(2,3)4)16-17-20-11/h7H,5-6H2,1-4H3. The largest absolute Gasteiger partial charge is 0.286 e. The van der Waals surface area contributed by atoms with Gasteiger partial charge in [0, 0.05) is 12.0 Å². The molecule has 2 heterocycles. The van der Waals surface area contributed by atoms with E-state index in [0.717, 1.165) is 23.6 Å². The van der Waals surface area contributed by atoms with Crippen LogP contribution in [-0.4, -0.2) is 25.2 Å². The minimum Gasteiger partial charge on any atom is -0.286 e. The van der Waals surface area contributed by atoms with Gasteiger partial charge < -0.3 is 0 Å². The van der Waals surface area contributed by atoms with Crippen molar-refractivity contribution in [3.05, 3.63) is 26.9 Å². The van der Waals surface area contributed by atoms with Gasteiger partial charge in [0.25, 0.3) is 0 Å². The summed E-state index contributed by atoms with van der Waals surface area (Å²) in [6, 6.07) is 0. The minimum absolute atomic E-state index is 0.0669. The molecule has 0 N–H and O–H groups in total. The SMILES string of the molecule is CCCn1ncc(Br)c1C(=O)c1snnc1C(C)(C)C. The molecule has 0 aromatic carbocycles. The smallest absolute Gasteiger partial charge is 0.225 e. The normalized spacial score (nSPS) is 11.8. The van der Waals surface area contributed by atoms with Gasteiger partial charge in [-0.25, -0.2) is 0 Å². The van der Waals surface area contributed by atoms with Crippen LogP contribution in [0.2, 0.25) is 0 Å². The number of rotatable bonds is 4. The molecule has 2 aromatic rings. The Kier molecular flexibility index (Phi) is 4.39. The van der Waals surface area contributed by atoms with Gasteiger partial charge in [-0.05, 0) is 33.9 Å². The van der Waals surface area contributed by atoms with Gasteiger partial charge in [0.2, 0.25) is 5.78 Å². The Morgan fingerprint density at radius 3 is 2.75 bits per heavy atom. The number of halogens is 1. The Morgan fingerprint density at radius 1 is 1.45 bits per heavy atom. The van der Waals surface area contributed by atoms with Crippen LogP contribution in [0.3, 0.4) is 0 Å². The molecule has 2 aromatic heterocycles. The Bertz CT molecular complexity index is 627. The highest BCUT2D eigenvalue weighted by Gasteiger charge is 2.29. The van der Waals surface area contributed by atoms with E-state index in [0.29, 0.717) is 21.6 Å². The van der Waals surface area contributed by atoms with E-state index >= 15 is 0 Å². The maximum absolute atomic E-state index is 12.8. The third-order valence-electron chi connectivity index (χ3n) is 2.85. The molecule has 0 radical (unpaired) electrons. The number of aryl methyl sites for hydroxylation is 1. The van der Waals surface area contributed by atoms with Crippen molar-refractivity contribution in [1.29, 1.82) is 0 Å². The second-order valence-electron chi connectivity index (χ2n) is 5.59. The second-order valence-corrected chi connectivity index (χ2v) is 7.20. The molecule has 20 heavy (non-hydrogen) atoms. The third-order valence-corrected chi connectivity index (χ3v) is 4.15. The van der Waals surface area contributed by atoms with Gasteiger partial charge in [-0.15, -0.1) is 5.10 Å². The molecule has 5 nitrogen and oxygen atoms in total. The van der Waals surface area contributed by atoms with Gasteiger partial charge in [0.15, 0.2) is 0 Å². The lowest BCUT2D eigenvalue weighted by atomic mass is 9.90. The maximum atomic E-state index is 12.8. The molecule has 0 aliphatic rings. The van der Waals surface area contributed by atoms with E-state index in [4.69, 9.17) is 0 Å². The van der Waals surface area contributed by atoms with Crippen molar-refractivity contribution in [3.8, 4) is 0 Å². The van der Waals surface area contributed by atoms with Crippen LogP contribution in [0, 0.1) is 0 Å². The van der Waals surface area contributed by atoms with Crippen LogP contribution in [0.5, 0.6) is 0 Å². The molecule has 0 fully saturated rings. The van der Waals surface area contributed by atoms with E-state index in [2.05, 4.69) is 37.5 Å². The molecule has 0 bridgehead atoms. The van der Waals surface area contributed by atoms with E-state index in [-0.39, 0.29) is 11.2 Å². The molecule has 0 atom stereocenters. The Balaban J connectivity index is 2.48. The molecule has 0 amide bonds. The summed E-state index contributed by atoms with van der Waals surface area (Å²) in [6.07, 6.45) is 2.58. The number of ketones is 1. The van der Waals surface area contributed by atoms with Crippen molar-refractivity contribution in [2.75, 3.05) is 0 Å². The zero-order valence-corrected chi connectivity index (χ0v) is 14.4. The lowest BCUT2D eigenvalue weighted by Gasteiger charge is -2.16. The van der Waals surface area contributed by atoms with Crippen molar-refractivity contribution in [3.63, 3.8) is 0 Å². The second kappa shape index (κ2) is 5.73. The summed E-state index contributed by atoms with van der Waals surface area (Å²) in [4.78, 5) is 13.4. The van der Waals surface area contributed by atoms with Crippen molar-refractivity contribution >= 4 is 33.2 Å². The lowest BCUT2D eigenvalue weighted by molar-refractivity contribution is 0.102. The van der Waals surface area contributed by atoms with E-state index < -0.39 is 0 Å². The molecule has 0 unspecified atom stereocenters. The first-order valence-corrected chi connectivity index (χ1v) is 8.01. The predicted molar refractivity (Wildman–Crippen MR) is 82.3 cm³/mol. The summed E-state index contributed by atoms with van der Waals surface area (Å²) in [5, 5.41) is 8.37. The molecule has 2 rings (SSSR count). The molecule has 0 aliphatic carbocycles. The topological polar surface area (TPSA) is 60.7 Å². The van der Waals surface area contributed by atoms with Gasteiger partial charge in [0.05, 0.1) is 16.4 Å². The maximum Gasteiger partial charge on any atom is 0.225 e. The van der Waals surface area contributed by atoms with Crippen LogP contribution in [0.15, 0.2) is 10.7 Å². The van der Waals surface area contributed by atoms with E-state index in [9.17, 15) is 4.79 Å². The Labute approximate surface area is 130 Å². The predicted octanol–water partition coefficient (Wildman–Crippen LogP) is 3.44. The zero-order chi connectivity index (χ0) is 14.9. The summed E-state index contributed by atoms with van der Waals surface area (Å²) in [6.45, 7) is 8.85. The number of nitrogens with zero attached hydrogens (tertiary/aromatic N) is 4. The van der Waals surface area contributed by atoms with Crippen LogP contribution >= 0.6 is 27.5 Å².